The summed E-state index contributed by atoms with van der Waals surface area (Å²) in [5.74, 6) is 1.03. The van der Waals surface area contributed by atoms with Crippen LogP contribution < -0.4 is 15.4 Å². The third-order valence-corrected chi connectivity index (χ3v) is 3.50. The van der Waals surface area contributed by atoms with E-state index in [-0.39, 0.29) is 5.91 Å². The molecule has 0 atom stereocenters. The molecular formula is C12H11N3O2S. The standard InChI is InChI=1S/C12H11N3O2S/c13-11-7-10(18-14-11)12(16)15-5-6-17-9-4-2-1-3-8(9)15/h1-4,7H,5-6H2,(H2,13,14). The predicted octanol–water partition coefficient (Wildman–Crippen LogP) is 1.76. The van der Waals surface area contributed by atoms with E-state index in [9.17, 15) is 4.79 Å². The fraction of sp³-hybridized carbons (Fsp3) is 0.167. The zero-order valence-electron chi connectivity index (χ0n) is 9.50. The molecule has 3 rings (SSSR count). The molecule has 0 radical (unpaired) electrons. The third-order valence-electron chi connectivity index (χ3n) is 2.71. The van der Waals surface area contributed by atoms with Crippen molar-refractivity contribution in [3.05, 3.63) is 35.2 Å². The van der Waals surface area contributed by atoms with Crippen LogP contribution in [-0.4, -0.2) is 23.4 Å². The first-order chi connectivity index (χ1) is 8.75. The van der Waals surface area contributed by atoms with Crippen molar-refractivity contribution in [1.82, 2.24) is 4.37 Å². The maximum atomic E-state index is 12.4. The smallest absolute Gasteiger partial charge is 0.270 e. The van der Waals surface area contributed by atoms with Gasteiger partial charge in [-0.05, 0) is 23.7 Å². The van der Waals surface area contributed by atoms with Crippen LogP contribution >= 0.6 is 11.5 Å². The van der Waals surface area contributed by atoms with E-state index in [1.165, 1.54) is 0 Å². The number of fused-ring (bicyclic) bond motifs is 1. The van der Waals surface area contributed by atoms with Crippen LogP contribution in [0, 0.1) is 0 Å². The maximum Gasteiger partial charge on any atom is 0.270 e. The molecule has 1 aromatic carbocycles. The van der Waals surface area contributed by atoms with Crippen molar-refractivity contribution in [3.63, 3.8) is 0 Å². The molecule has 1 aliphatic rings. The molecule has 0 saturated heterocycles. The van der Waals surface area contributed by atoms with E-state index in [4.69, 9.17) is 10.5 Å². The normalized spacial score (nSPS) is 13.9. The zero-order valence-corrected chi connectivity index (χ0v) is 10.3. The number of hydrogen-bond acceptors (Lipinski definition) is 5. The Morgan fingerprint density at radius 1 is 1.44 bits per heavy atom. The quantitative estimate of drug-likeness (QED) is 0.849. The number of rotatable bonds is 1. The number of hydrogen-bond donors (Lipinski definition) is 1. The molecule has 18 heavy (non-hydrogen) atoms. The second kappa shape index (κ2) is 4.30. The number of anilines is 2. The number of ether oxygens (including phenoxy) is 1. The van der Waals surface area contributed by atoms with Gasteiger partial charge < -0.3 is 15.4 Å². The van der Waals surface area contributed by atoms with Gasteiger partial charge >= 0.3 is 0 Å². The number of nitrogens with zero attached hydrogens (tertiary/aromatic N) is 2. The number of carbonyl (C=O) groups excluding carboxylic acids is 1. The highest BCUT2D eigenvalue weighted by molar-refractivity contribution is 7.08. The Morgan fingerprint density at radius 3 is 3.06 bits per heavy atom. The molecule has 0 spiro atoms. The summed E-state index contributed by atoms with van der Waals surface area (Å²) in [6.07, 6.45) is 0. The third kappa shape index (κ3) is 1.80. The van der Waals surface area contributed by atoms with Gasteiger partial charge in [0.15, 0.2) is 0 Å². The van der Waals surface area contributed by atoms with Crippen LogP contribution in [0.25, 0.3) is 0 Å². The van der Waals surface area contributed by atoms with Gasteiger partial charge in [-0.15, -0.1) is 0 Å². The van der Waals surface area contributed by atoms with Crippen molar-refractivity contribution in [2.24, 2.45) is 0 Å². The van der Waals surface area contributed by atoms with Crippen molar-refractivity contribution >= 4 is 28.9 Å². The molecule has 1 amide bonds. The van der Waals surface area contributed by atoms with Gasteiger partial charge in [0, 0.05) is 6.07 Å². The number of carbonyl (C=O) groups is 1. The van der Waals surface area contributed by atoms with Gasteiger partial charge in [0.25, 0.3) is 5.91 Å². The van der Waals surface area contributed by atoms with Crippen LogP contribution in [0.15, 0.2) is 30.3 Å². The second-order valence-electron chi connectivity index (χ2n) is 3.89. The van der Waals surface area contributed by atoms with Gasteiger partial charge in [-0.1, -0.05) is 12.1 Å². The summed E-state index contributed by atoms with van der Waals surface area (Å²) in [4.78, 5) is 14.6. The Bertz CT molecular complexity index is 597. The van der Waals surface area contributed by atoms with Crippen molar-refractivity contribution < 1.29 is 9.53 Å². The molecular weight excluding hydrogens is 250 g/mol. The maximum absolute atomic E-state index is 12.4. The number of benzene rings is 1. The Kier molecular flexibility index (Phi) is 2.64. The van der Waals surface area contributed by atoms with E-state index in [1.54, 1.807) is 11.0 Å². The van der Waals surface area contributed by atoms with E-state index in [2.05, 4.69) is 4.37 Å². The highest BCUT2D eigenvalue weighted by Gasteiger charge is 2.25. The number of nitrogens with two attached hydrogens (primary N) is 1. The molecule has 92 valence electrons. The predicted molar refractivity (Wildman–Crippen MR) is 70.1 cm³/mol. The molecule has 2 heterocycles. The molecule has 0 fully saturated rings. The lowest BCUT2D eigenvalue weighted by atomic mass is 10.2. The average Bonchev–Trinajstić information content (AvgIpc) is 2.84. The van der Waals surface area contributed by atoms with Crippen molar-refractivity contribution in [1.29, 1.82) is 0 Å². The Balaban J connectivity index is 1.96. The van der Waals surface area contributed by atoms with Gasteiger partial charge in [0.1, 0.15) is 23.1 Å². The summed E-state index contributed by atoms with van der Waals surface area (Å²) in [6.45, 7) is 1.03. The van der Waals surface area contributed by atoms with E-state index in [0.29, 0.717) is 23.8 Å². The van der Waals surface area contributed by atoms with Crippen molar-refractivity contribution in [2.75, 3.05) is 23.8 Å². The minimum absolute atomic E-state index is 0.0834. The van der Waals surface area contributed by atoms with Crippen LogP contribution in [0.1, 0.15) is 9.67 Å². The molecule has 0 unspecified atom stereocenters. The van der Waals surface area contributed by atoms with Crippen molar-refractivity contribution in [3.8, 4) is 5.75 Å². The highest BCUT2D eigenvalue weighted by Crippen LogP contribution is 2.32. The topological polar surface area (TPSA) is 68.5 Å². The SMILES string of the molecule is Nc1cc(C(=O)N2CCOc3ccccc32)sn1. The summed E-state index contributed by atoms with van der Waals surface area (Å²) in [5.41, 5.74) is 6.34. The van der Waals surface area contributed by atoms with Crippen LogP contribution in [0.2, 0.25) is 0 Å². The molecule has 0 aliphatic carbocycles. The van der Waals surface area contributed by atoms with E-state index >= 15 is 0 Å². The van der Waals surface area contributed by atoms with E-state index < -0.39 is 0 Å². The van der Waals surface area contributed by atoms with Crippen LogP contribution in [0.5, 0.6) is 5.75 Å². The highest BCUT2D eigenvalue weighted by atomic mass is 32.1. The van der Waals surface area contributed by atoms with E-state index in [0.717, 1.165) is 23.0 Å². The van der Waals surface area contributed by atoms with Gasteiger partial charge in [-0.3, -0.25) is 4.79 Å². The van der Waals surface area contributed by atoms with E-state index in [1.807, 2.05) is 24.3 Å². The number of aromatic nitrogens is 1. The van der Waals surface area contributed by atoms with Crippen LogP contribution in [-0.2, 0) is 0 Å². The molecule has 2 N–H and O–H groups in total. The van der Waals surface area contributed by atoms with Gasteiger partial charge in [0.05, 0.1) is 12.2 Å². The average molecular weight is 261 g/mol. The monoisotopic (exact) mass is 261 g/mol. The first kappa shape index (κ1) is 11.0. The first-order valence-corrected chi connectivity index (χ1v) is 6.29. The van der Waals surface area contributed by atoms with Gasteiger partial charge in [0.2, 0.25) is 0 Å². The number of para-hydroxylation sites is 2. The fourth-order valence-corrected chi connectivity index (χ4v) is 2.52. The minimum Gasteiger partial charge on any atom is -0.490 e. The molecule has 5 nitrogen and oxygen atoms in total. The second-order valence-corrected chi connectivity index (χ2v) is 4.69. The minimum atomic E-state index is -0.0834. The molecule has 1 aliphatic heterocycles. The van der Waals surface area contributed by atoms with Crippen LogP contribution in [0.3, 0.4) is 0 Å². The summed E-state index contributed by atoms with van der Waals surface area (Å²) in [6, 6.07) is 9.10. The molecule has 2 aromatic rings. The largest absolute Gasteiger partial charge is 0.490 e. The first-order valence-electron chi connectivity index (χ1n) is 5.51. The molecule has 6 heteroatoms. The summed E-state index contributed by atoms with van der Waals surface area (Å²) in [7, 11) is 0. The van der Waals surface area contributed by atoms with Gasteiger partial charge in [-0.25, -0.2) is 0 Å². The fourth-order valence-electron chi connectivity index (χ4n) is 1.90. The lowest BCUT2D eigenvalue weighted by Gasteiger charge is -2.28. The Morgan fingerprint density at radius 2 is 2.28 bits per heavy atom. The lowest BCUT2D eigenvalue weighted by molar-refractivity contribution is 0.0980. The molecule has 1 aromatic heterocycles. The van der Waals surface area contributed by atoms with Gasteiger partial charge in [-0.2, -0.15) is 4.37 Å². The van der Waals surface area contributed by atoms with Crippen LogP contribution in [0.4, 0.5) is 11.5 Å². The molecule has 0 bridgehead atoms. The number of nitrogen functional groups attached to an aromatic ring is 1. The molecule has 0 saturated carbocycles. The summed E-state index contributed by atoms with van der Waals surface area (Å²) in [5, 5.41) is 0. The number of amides is 1. The Hall–Kier alpha value is -2.08. The zero-order chi connectivity index (χ0) is 12.5. The summed E-state index contributed by atoms with van der Waals surface area (Å²) >= 11 is 1.12. The van der Waals surface area contributed by atoms with Crippen molar-refractivity contribution in [2.45, 2.75) is 0 Å². The summed E-state index contributed by atoms with van der Waals surface area (Å²) < 4.78 is 9.44. The Labute approximate surface area is 108 Å². The lowest BCUT2D eigenvalue weighted by Crippen LogP contribution is -2.37.